The van der Waals surface area contributed by atoms with Crippen molar-refractivity contribution >= 4 is 0 Å². The molecule has 0 fully saturated rings. The van der Waals surface area contributed by atoms with Crippen LogP contribution in [0.3, 0.4) is 0 Å². The molecule has 106 valence electrons. The lowest BCUT2D eigenvalue weighted by Crippen LogP contribution is -2.30. The summed E-state index contributed by atoms with van der Waals surface area (Å²) in [7, 11) is 1.52. The molecule has 0 saturated carbocycles. The van der Waals surface area contributed by atoms with Crippen molar-refractivity contribution in [1.82, 2.24) is 5.43 Å². The Balaban J connectivity index is 2.52. The molecule has 0 amide bonds. The highest BCUT2D eigenvalue weighted by Crippen LogP contribution is 2.32. The van der Waals surface area contributed by atoms with E-state index in [4.69, 9.17) is 10.6 Å². The zero-order valence-corrected chi connectivity index (χ0v) is 11.7. The molecule has 0 aliphatic rings. The molecule has 4 heteroatoms. The minimum Gasteiger partial charge on any atom is -0.496 e. The van der Waals surface area contributed by atoms with E-state index >= 15 is 0 Å². The average molecular weight is 274 g/mol. The first-order valence-corrected chi connectivity index (χ1v) is 6.58. The number of hydrazine groups is 1. The summed E-state index contributed by atoms with van der Waals surface area (Å²) >= 11 is 0. The molecule has 2 rings (SSSR count). The Morgan fingerprint density at radius 1 is 1.25 bits per heavy atom. The highest BCUT2D eigenvalue weighted by atomic mass is 19.1. The minimum absolute atomic E-state index is 0.339. The number of halogens is 1. The van der Waals surface area contributed by atoms with Crippen molar-refractivity contribution < 1.29 is 9.13 Å². The maximum Gasteiger partial charge on any atom is 0.132 e. The van der Waals surface area contributed by atoms with E-state index in [-0.39, 0.29) is 5.82 Å². The number of aryl methyl sites for hydroxylation is 1. The van der Waals surface area contributed by atoms with E-state index in [1.807, 2.05) is 24.3 Å². The quantitative estimate of drug-likeness (QED) is 0.651. The Morgan fingerprint density at radius 2 is 2.00 bits per heavy atom. The van der Waals surface area contributed by atoms with Crippen LogP contribution in [0.5, 0.6) is 5.75 Å². The van der Waals surface area contributed by atoms with Gasteiger partial charge in [-0.05, 0) is 29.7 Å². The van der Waals surface area contributed by atoms with Gasteiger partial charge in [-0.15, -0.1) is 0 Å². The van der Waals surface area contributed by atoms with E-state index in [9.17, 15) is 4.39 Å². The Morgan fingerprint density at radius 3 is 2.65 bits per heavy atom. The summed E-state index contributed by atoms with van der Waals surface area (Å²) in [6.45, 7) is 2.08. The predicted molar refractivity (Wildman–Crippen MR) is 77.9 cm³/mol. The van der Waals surface area contributed by atoms with Crippen molar-refractivity contribution in [2.75, 3.05) is 7.11 Å². The number of rotatable bonds is 5. The smallest absolute Gasteiger partial charge is 0.132 e. The first kappa shape index (κ1) is 14.5. The third-order valence-corrected chi connectivity index (χ3v) is 3.38. The second-order valence-electron chi connectivity index (χ2n) is 4.55. The number of nitrogens with two attached hydrogens (primary N) is 1. The van der Waals surface area contributed by atoms with Crippen LogP contribution >= 0.6 is 0 Å². The van der Waals surface area contributed by atoms with Crippen LogP contribution in [0.2, 0.25) is 0 Å². The Hall–Kier alpha value is -1.91. The highest BCUT2D eigenvalue weighted by molar-refractivity contribution is 5.43. The van der Waals surface area contributed by atoms with E-state index in [2.05, 4.69) is 12.3 Å². The Bertz CT molecular complexity index is 586. The fourth-order valence-electron chi connectivity index (χ4n) is 2.31. The van der Waals surface area contributed by atoms with Crippen LogP contribution in [0.25, 0.3) is 0 Å². The SMILES string of the molecule is CCc1cccc(C(NN)c2c(F)cccc2OC)c1. The van der Waals surface area contributed by atoms with Gasteiger partial charge in [0.1, 0.15) is 11.6 Å². The number of benzene rings is 2. The summed E-state index contributed by atoms with van der Waals surface area (Å²) in [5.41, 5.74) is 5.19. The van der Waals surface area contributed by atoms with Crippen LogP contribution in [-0.2, 0) is 6.42 Å². The van der Waals surface area contributed by atoms with Crippen molar-refractivity contribution in [2.45, 2.75) is 19.4 Å². The zero-order valence-electron chi connectivity index (χ0n) is 11.7. The fourth-order valence-corrected chi connectivity index (χ4v) is 2.31. The maximum atomic E-state index is 14.2. The molecule has 0 saturated heterocycles. The molecule has 20 heavy (non-hydrogen) atoms. The number of methoxy groups -OCH3 is 1. The second kappa shape index (κ2) is 6.50. The lowest BCUT2D eigenvalue weighted by Gasteiger charge is -2.20. The van der Waals surface area contributed by atoms with Gasteiger partial charge in [0.15, 0.2) is 0 Å². The maximum absolute atomic E-state index is 14.2. The van der Waals surface area contributed by atoms with Gasteiger partial charge in [-0.25, -0.2) is 9.82 Å². The van der Waals surface area contributed by atoms with Gasteiger partial charge in [0.05, 0.1) is 18.7 Å². The summed E-state index contributed by atoms with van der Waals surface area (Å²) in [5, 5.41) is 0. The number of nitrogens with one attached hydrogen (secondary N) is 1. The molecular formula is C16H19FN2O. The molecule has 0 aliphatic carbocycles. The average Bonchev–Trinajstić information content (AvgIpc) is 2.49. The summed E-state index contributed by atoms with van der Waals surface area (Å²) in [6, 6.07) is 12.2. The second-order valence-corrected chi connectivity index (χ2v) is 4.55. The Kier molecular flexibility index (Phi) is 4.71. The van der Waals surface area contributed by atoms with Gasteiger partial charge >= 0.3 is 0 Å². The first-order chi connectivity index (χ1) is 9.71. The molecule has 1 unspecified atom stereocenters. The molecule has 0 bridgehead atoms. The molecule has 2 aromatic rings. The molecule has 0 heterocycles. The molecule has 0 radical (unpaired) electrons. The molecule has 0 spiro atoms. The van der Waals surface area contributed by atoms with Gasteiger partial charge < -0.3 is 4.74 Å². The predicted octanol–water partition coefficient (Wildman–Crippen LogP) is 2.95. The molecule has 0 aromatic heterocycles. The standard InChI is InChI=1S/C16H19FN2O/c1-3-11-6-4-7-12(10-11)16(19-18)15-13(17)8-5-9-14(15)20-2/h4-10,16,19H,3,18H2,1-2H3. The normalized spacial score (nSPS) is 12.2. The third kappa shape index (κ3) is 2.81. The van der Waals surface area contributed by atoms with E-state index in [1.54, 1.807) is 12.1 Å². The first-order valence-electron chi connectivity index (χ1n) is 6.58. The molecule has 0 aliphatic heterocycles. The molecule has 2 aromatic carbocycles. The van der Waals surface area contributed by atoms with Crippen LogP contribution in [0.1, 0.15) is 29.7 Å². The third-order valence-electron chi connectivity index (χ3n) is 3.38. The van der Waals surface area contributed by atoms with E-state index in [0.717, 1.165) is 12.0 Å². The topological polar surface area (TPSA) is 47.3 Å². The van der Waals surface area contributed by atoms with Crippen LogP contribution in [0.15, 0.2) is 42.5 Å². The number of hydrogen-bond donors (Lipinski definition) is 2. The molecule has 3 N–H and O–H groups in total. The van der Waals surface area contributed by atoms with Crippen LogP contribution < -0.4 is 16.0 Å². The number of hydrogen-bond acceptors (Lipinski definition) is 3. The molecule has 3 nitrogen and oxygen atoms in total. The van der Waals surface area contributed by atoms with Crippen molar-refractivity contribution in [3.05, 3.63) is 65.0 Å². The van der Waals surface area contributed by atoms with Crippen molar-refractivity contribution in [3.63, 3.8) is 0 Å². The summed E-state index contributed by atoms with van der Waals surface area (Å²) < 4.78 is 19.4. The summed E-state index contributed by atoms with van der Waals surface area (Å²) in [6.07, 6.45) is 0.916. The lowest BCUT2D eigenvalue weighted by molar-refractivity contribution is 0.397. The molecular weight excluding hydrogens is 255 g/mol. The Labute approximate surface area is 118 Å². The lowest BCUT2D eigenvalue weighted by atomic mass is 9.96. The van der Waals surface area contributed by atoms with Gasteiger partial charge in [-0.3, -0.25) is 5.84 Å². The van der Waals surface area contributed by atoms with Crippen LogP contribution in [0.4, 0.5) is 4.39 Å². The summed E-state index contributed by atoms with van der Waals surface area (Å²) in [4.78, 5) is 0. The number of ether oxygens (including phenoxy) is 1. The zero-order chi connectivity index (χ0) is 14.5. The van der Waals surface area contributed by atoms with Crippen molar-refractivity contribution in [2.24, 2.45) is 5.84 Å². The van der Waals surface area contributed by atoms with Gasteiger partial charge in [0.2, 0.25) is 0 Å². The monoisotopic (exact) mass is 274 g/mol. The largest absolute Gasteiger partial charge is 0.496 e. The van der Waals surface area contributed by atoms with E-state index in [0.29, 0.717) is 11.3 Å². The van der Waals surface area contributed by atoms with Gasteiger partial charge in [-0.1, -0.05) is 37.3 Å². The summed E-state index contributed by atoms with van der Waals surface area (Å²) in [5.74, 6) is 5.79. The van der Waals surface area contributed by atoms with Crippen LogP contribution in [-0.4, -0.2) is 7.11 Å². The highest BCUT2D eigenvalue weighted by Gasteiger charge is 2.21. The van der Waals surface area contributed by atoms with Crippen molar-refractivity contribution in [3.8, 4) is 5.75 Å². The fraction of sp³-hybridized carbons (Fsp3) is 0.250. The molecule has 1 atom stereocenters. The van der Waals surface area contributed by atoms with Gasteiger partial charge in [0.25, 0.3) is 0 Å². The van der Waals surface area contributed by atoms with Crippen LogP contribution in [0, 0.1) is 5.82 Å². The van der Waals surface area contributed by atoms with E-state index in [1.165, 1.54) is 18.7 Å². The van der Waals surface area contributed by atoms with Crippen molar-refractivity contribution in [1.29, 1.82) is 0 Å². The van der Waals surface area contributed by atoms with E-state index < -0.39 is 6.04 Å². The minimum atomic E-state index is -0.447. The van der Waals surface area contributed by atoms with Gasteiger partial charge in [0, 0.05) is 0 Å². The van der Waals surface area contributed by atoms with Gasteiger partial charge in [-0.2, -0.15) is 0 Å².